The number of halogens is 3. The van der Waals surface area contributed by atoms with Crippen LogP contribution in [0.5, 0.6) is 0 Å². The van der Waals surface area contributed by atoms with Gasteiger partial charge in [-0.3, -0.25) is 0 Å². The Balaban J connectivity index is 2.56. The number of hydrogen-bond donors (Lipinski definition) is 1. The van der Waals surface area contributed by atoms with Gasteiger partial charge in [-0.25, -0.2) is 4.98 Å². The van der Waals surface area contributed by atoms with Gasteiger partial charge in [-0.1, -0.05) is 18.2 Å². The lowest BCUT2D eigenvalue weighted by Crippen LogP contribution is -2.12. The predicted molar refractivity (Wildman–Crippen MR) is 62.9 cm³/mol. The minimum absolute atomic E-state index is 0.0354. The average molecular weight is 268 g/mol. The summed E-state index contributed by atoms with van der Waals surface area (Å²) in [6, 6.07) is 4.69. The molecule has 0 aliphatic carbocycles. The van der Waals surface area contributed by atoms with E-state index >= 15 is 0 Å². The van der Waals surface area contributed by atoms with E-state index in [1.165, 1.54) is 24.4 Å². The zero-order valence-electron chi connectivity index (χ0n) is 10.0. The quantitative estimate of drug-likeness (QED) is 0.909. The number of aromatic nitrogens is 3. The van der Waals surface area contributed by atoms with Crippen LogP contribution in [0.1, 0.15) is 24.4 Å². The second-order valence-electron chi connectivity index (χ2n) is 4.03. The first-order chi connectivity index (χ1) is 8.89. The number of alkyl halides is 3. The van der Waals surface area contributed by atoms with Gasteiger partial charge >= 0.3 is 6.18 Å². The summed E-state index contributed by atoms with van der Waals surface area (Å²) in [4.78, 5) is 4.02. The molecule has 2 rings (SSSR count). The molecule has 4 nitrogen and oxygen atoms in total. The normalized spacial score (nSPS) is 13.3. The third-order valence-electron chi connectivity index (χ3n) is 2.49. The Hall–Kier alpha value is -2.02. The fourth-order valence-electron chi connectivity index (χ4n) is 1.59. The van der Waals surface area contributed by atoms with Gasteiger partial charge in [0, 0.05) is 5.56 Å². The van der Waals surface area contributed by atoms with Gasteiger partial charge in [0.2, 0.25) is 0 Å². The van der Waals surface area contributed by atoms with E-state index in [1.807, 2.05) is 0 Å². The van der Waals surface area contributed by atoms with E-state index in [4.69, 9.17) is 5.73 Å². The van der Waals surface area contributed by atoms with Gasteiger partial charge in [0.25, 0.3) is 0 Å². The largest absolute Gasteiger partial charge is 0.417 e. The van der Waals surface area contributed by atoms with Gasteiger partial charge < -0.3 is 5.73 Å². The molecule has 19 heavy (non-hydrogen) atoms. The van der Waals surface area contributed by atoms with Crippen molar-refractivity contribution >= 4 is 0 Å². The molecule has 0 bridgehead atoms. The van der Waals surface area contributed by atoms with E-state index in [-0.39, 0.29) is 17.1 Å². The Morgan fingerprint density at radius 1 is 1.21 bits per heavy atom. The second kappa shape index (κ2) is 4.93. The maximum absolute atomic E-state index is 12.9. The van der Waals surface area contributed by atoms with E-state index in [2.05, 4.69) is 15.2 Å². The molecule has 1 aromatic heterocycles. The summed E-state index contributed by atoms with van der Waals surface area (Å²) >= 11 is 0. The number of hydrogen-bond acceptors (Lipinski definition) is 4. The Morgan fingerprint density at radius 2 is 1.89 bits per heavy atom. The van der Waals surface area contributed by atoms with Crippen molar-refractivity contribution in [1.29, 1.82) is 0 Å². The molecule has 100 valence electrons. The standard InChI is InChI=1S/C12H11F3N4/c1-7(16)11-18-10(6-17-19-11)8-4-2-3-5-9(8)12(13,14)15/h2-7H,16H2,1H3. The van der Waals surface area contributed by atoms with Crippen LogP contribution in [0.15, 0.2) is 30.5 Å². The summed E-state index contributed by atoms with van der Waals surface area (Å²) in [5, 5.41) is 7.33. The molecule has 7 heteroatoms. The summed E-state index contributed by atoms with van der Waals surface area (Å²) < 4.78 is 38.7. The molecule has 0 saturated heterocycles. The van der Waals surface area contributed by atoms with Crippen molar-refractivity contribution < 1.29 is 13.2 Å². The lowest BCUT2D eigenvalue weighted by molar-refractivity contribution is -0.137. The van der Waals surface area contributed by atoms with Crippen molar-refractivity contribution in [2.45, 2.75) is 19.1 Å². The molecule has 0 fully saturated rings. The lowest BCUT2D eigenvalue weighted by atomic mass is 10.0. The van der Waals surface area contributed by atoms with Gasteiger partial charge in [-0.15, -0.1) is 5.10 Å². The van der Waals surface area contributed by atoms with Crippen LogP contribution < -0.4 is 5.73 Å². The number of rotatable bonds is 2. The third kappa shape index (κ3) is 2.87. The zero-order chi connectivity index (χ0) is 14.0. The maximum atomic E-state index is 12.9. The molecule has 1 aromatic carbocycles. The molecule has 0 saturated carbocycles. The van der Waals surface area contributed by atoms with Gasteiger partial charge in [-0.05, 0) is 13.0 Å². The molecular formula is C12H11F3N4. The van der Waals surface area contributed by atoms with E-state index in [0.717, 1.165) is 6.07 Å². The number of benzene rings is 1. The Kier molecular flexibility index (Phi) is 3.48. The highest BCUT2D eigenvalue weighted by atomic mass is 19.4. The summed E-state index contributed by atoms with van der Waals surface area (Å²) in [7, 11) is 0. The van der Waals surface area contributed by atoms with Crippen molar-refractivity contribution in [2.24, 2.45) is 5.73 Å². The second-order valence-corrected chi connectivity index (χ2v) is 4.03. The SMILES string of the molecule is CC(N)c1nncc(-c2ccccc2C(F)(F)F)n1. The maximum Gasteiger partial charge on any atom is 0.417 e. The van der Waals surface area contributed by atoms with Crippen molar-refractivity contribution in [3.63, 3.8) is 0 Å². The van der Waals surface area contributed by atoms with E-state index in [0.29, 0.717) is 0 Å². The first-order valence-corrected chi connectivity index (χ1v) is 5.51. The first kappa shape index (κ1) is 13.4. The highest BCUT2D eigenvalue weighted by molar-refractivity contribution is 5.63. The first-order valence-electron chi connectivity index (χ1n) is 5.51. The fourth-order valence-corrected chi connectivity index (χ4v) is 1.59. The molecule has 0 spiro atoms. The molecule has 0 aliphatic heterocycles. The molecule has 0 radical (unpaired) electrons. The van der Waals surface area contributed by atoms with Crippen LogP contribution in [0.3, 0.4) is 0 Å². The van der Waals surface area contributed by atoms with Crippen LogP contribution in [0.2, 0.25) is 0 Å². The summed E-state index contributed by atoms with van der Waals surface area (Å²) in [6.07, 6.45) is -3.26. The Bertz CT molecular complexity index is 581. The van der Waals surface area contributed by atoms with Crippen LogP contribution in [0.4, 0.5) is 13.2 Å². The molecule has 1 atom stereocenters. The van der Waals surface area contributed by atoms with Crippen LogP contribution in [-0.4, -0.2) is 15.2 Å². The number of nitrogens with zero attached hydrogens (tertiary/aromatic N) is 3. The number of nitrogens with two attached hydrogens (primary N) is 1. The lowest BCUT2D eigenvalue weighted by Gasteiger charge is -2.12. The van der Waals surface area contributed by atoms with Crippen molar-refractivity contribution in [2.75, 3.05) is 0 Å². The van der Waals surface area contributed by atoms with Crippen LogP contribution >= 0.6 is 0 Å². The third-order valence-corrected chi connectivity index (χ3v) is 2.49. The van der Waals surface area contributed by atoms with Gasteiger partial charge in [0.05, 0.1) is 23.5 Å². The van der Waals surface area contributed by atoms with E-state index in [9.17, 15) is 13.2 Å². The summed E-state index contributed by atoms with van der Waals surface area (Å²) in [5.41, 5.74) is 4.91. The van der Waals surface area contributed by atoms with Crippen LogP contribution in [0, 0.1) is 0 Å². The predicted octanol–water partition coefficient (Wildman–Crippen LogP) is 2.58. The van der Waals surface area contributed by atoms with Crippen molar-refractivity contribution in [3.05, 3.63) is 41.9 Å². The highest BCUT2D eigenvalue weighted by Gasteiger charge is 2.33. The van der Waals surface area contributed by atoms with Crippen LogP contribution in [-0.2, 0) is 6.18 Å². The minimum Gasteiger partial charge on any atom is -0.321 e. The van der Waals surface area contributed by atoms with Gasteiger partial charge in [0.1, 0.15) is 0 Å². The van der Waals surface area contributed by atoms with E-state index < -0.39 is 17.8 Å². The summed E-state index contributed by atoms with van der Waals surface area (Å²) in [5.74, 6) is 0.203. The summed E-state index contributed by atoms with van der Waals surface area (Å²) in [6.45, 7) is 1.64. The molecule has 1 unspecified atom stereocenters. The van der Waals surface area contributed by atoms with Gasteiger partial charge in [0.15, 0.2) is 5.82 Å². The molecule has 2 aromatic rings. The topological polar surface area (TPSA) is 64.7 Å². The monoisotopic (exact) mass is 268 g/mol. The van der Waals surface area contributed by atoms with Crippen molar-refractivity contribution in [1.82, 2.24) is 15.2 Å². The molecule has 0 amide bonds. The van der Waals surface area contributed by atoms with Crippen molar-refractivity contribution in [3.8, 4) is 11.3 Å². The Labute approximate surface area is 107 Å². The molecular weight excluding hydrogens is 257 g/mol. The average Bonchev–Trinajstić information content (AvgIpc) is 2.38. The van der Waals surface area contributed by atoms with Crippen LogP contribution in [0.25, 0.3) is 11.3 Å². The smallest absolute Gasteiger partial charge is 0.321 e. The zero-order valence-corrected chi connectivity index (χ0v) is 10.0. The van der Waals surface area contributed by atoms with Gasteiger partial charge in [-0.2, -0.15) is 18.3 Å². The molecule has 1 heterocycles. The van der Waals surface area contributed by atoms with E-state index in [1.54, 1.807) is 6.92 Å². The molecule has 0 aliphatic rings. The molecule has 2 N–H and O–H groups in total. The Morgan fingerprint density at radius 3 is 2.53 bits per heavy atom. The highest BCUT2D eigenvalue weighted by Crippen LogP contribution is 2.36. The fraction of sp³-hybridized carbons (Fsp3) is 0.250. The minimum atomic E-state index is -4.45.